The lowest BCUT2D eigenvalue weighted by Crippen LogP contribution is -2.11. The number of aromatic nitrogens is 2. The first kappa shape index (κ1) is 15.8. The van der Waals surface area contributed by atoms with E-state index in [1.807, 2.05) is 18.4 Å². The quantitative estimate of drug-likeness (QED) is 0.466. The molecular weight excluding hydrogens is 382 g/mol. The molecule has 8 heteroatoms. The molecule has 0 atom stereocenters. The highest BCUT2D eigenvalue weighted by Gasteiger charge is 2.14. The molecule has 0 aliphatic rings. The van der Waals surface area contributed by atoms with Gasteiger partial charge >= 0.3 is 0 Å². The van der Waals surface area contributed by atoms with Crippen LogP contribution in [0.15, 0.2) is 40.7 Å². The second-order valence-electron chi connectivity index (χ2n) is 4.93. The Morgan fingerprint density at radius 1 is 1.04 bits per heavy atom. The number of amides is 1. The van der Waals surface area contributed by atoms with Crippen molar-refractivity contribution in [1.29, 1.82) is 0 Å². The van der Waals surface area contributed by atoms with Crippen LogP contribution in [0, 0.1) is 0 Å². The van der Waals surface area contributed by atoms with Gasteiger partial charge in [0.15, 0.2) is 9.47 Å². The van der Waals surface area contributed by atoms with Crippen LogP contribution in [0.5, 0.6) is 0 Å². The highest BCUT2D eigenvalue weighted by atomic mass is 35.5. The summed E-state index contributed by atoms with van der Waals surface area (Å²) in [4.78, 5) is 21.4. The van der Waals surface area contributed by atoms with Crippen molar-refractivity contribution < 1.29 is 4.79 Å². The van der Waals surface area contributed by atoms with Crippen LogP contribution in [0.1, 0.15) is 10.4 Å². The number of benzene rings is 2. The summed E-state index contributed by atoms with van der Waals surface area (Å²) in [6, 6.07) is 10.7. The molecule has 0 unspecified atom stereocenters. The smallest absolute Gasteiger partial charge is 0.257 e. The SMILES string of the molecule is CSc1nc2ccc3nc(NC(=O)c4ccc(Cl)cc4)sc3c2s1. The third-order valence-corrected chi connectivity index (χ3v) is 6.85. The number of hydrogen-bond acceptors (Lipinski definition) is 6. The zero-order valence-electron chi connectivity index (χ0n) is 12.4. The van der Waals surface area contributed by atoms with Crippen LogP contribution in [0.3, 0.4) is 0 Å². The molecule has 2 heterocycles. The van der Waals surface area contributed by atoms with Gasteiger partial charge in [0.1, 0.15) is 0 Å². The fraction of sp³-hybridized carbons (Fsp3) is 0.0625. The van der Waals surface area contributed by atoms with Gasteiger partial charge in [0.2, 0.25) is 0 Å². The predicted molar refractivity (Wildman–Crippen MR) is 104 cm³/mol. The van der Waals surface area contributed by atoms with Crippen molar-refractivity contribution in [2.24, 2.45) is 0 Å². The lowest BCUT2D eigenvalue weighted by molar-refractivity contribution is 0.102. The Kier molecular flexibility index (Phi) is 4.17. The van der Waals surface area contributed by atoms with Gasteiger partial charge in [-0.1, -0.05) is 34.7 Å². The first-order chi connectivity index (χ1) is 11.6. The van der Waals surface area contributed by atoms with Gasteiger partial charge in [-0.25, -0.2) is 9.97 Å². The second kappa shape index (κ2) is 6.33. The summed E-state index contributed by atoms with van der Waals surface area (Å²) in [6.45, 7) is 0. The number of carbonyl (C=O) groups excluding carboxylic acids is 1. The number of nitrogens with zero attached hydrogens (tertiary/aromatic N) is 2. The summed E-state index contributed by atoms with van der Waals surface area (Å²) in [5, 5.41) is 4.04. The molecule has 0 aliphatic heterocycles. The van der Waals surface area contributed by atoms with Crippen LogP contribution >= 0.6 is 46.0 Å². The summed E-state index contributed by atoms with van der Waals surface area (Å²) in [7, 11) is 0. The van der Waals surface area contributed by atoms with Crippen molar-refractivity contribution >= 4 is 77.5 Å². The molecule has 0 bridgehead atoms. The largest absolute Gasteiger partial charge is 0.298 e. The Hall–Kier alpha value is -1.67. The third-order valence-electron chi connectivity index (χ3n) is 3.39. The first-order valence-corrected chi connectivity index (χ1v) is 10.2. The molecule has 4 aromatic rings. The Morgan fingerprint density at radius 3 is 2.42 bits per heavy atom. The minimum absolute atomic E-state index is 0.198. The summed E-state index contributed by atoms with van der Waals surface area (Å²) in [5.74, 6) is -0.198. The fourth-order valence-electron chi connectivity index (χ4n) is 2.26. The van der Waals surface area contributed by atoms with E-state index in [9.17, 15) is 4.79 Å². The maximum atomic E-state index is 12.3. The number of rotatable bonds is 3. The molecule has 120 valence electrons. The van der Waals surface area contributed by atoms with Gasteiger partial charge in [-0.2, -0.15) is 0 Å². The molecule has 0 fully saturated rings. The topological polar surface area (TPSA) is 54.9 Å². The molecule has 24 heavy (non-hydrogen) atoms. The Morgan fingerprint density at radius 2 is 1.71 bits per heavy atom. The molecule has 2 aromatic carbocycles. The van der Waals surface area contributed by atoms with E-state index in [1.165, 1.54) is 11.3 Å². The van der Waals surface area contributed by atoms with E-state index in [4.69, 9.17) is 11.6 Å². The van der Waals surface area contributed by atoms with Crippen LogP contribution in [0.25, 0.3) is 20.4 Å². The molecular formula is C16H10ClN3OS3. The van der Waals surface area contributed by atoms with Crippen molar-refractivity contribution in [1.82, 2.24) is 9.97 Å². The van der Waals surface area contributed by atoms with Gasteiger partial charge in [-0.15, -0.1) is 11.3 Å². The van der Waals surface area contributed by atoms with Crippen LogP contribution in [0.4, 0.5) is 5.13 Å². The standard InChI is InChI=1S/C16H10ClN3OS3/c1-22-16-19-11-7-6-10-12(13(11)24-16)23-15(18-10)20-14(21)8-2-4-9(17)5-3-8/h2-7H,1H3,(H,18,20,21). The van der Waals surface area contributed by atoms with Crippen molar-refractivity contribution in [2.75, 3.05) is 11.6 Å². The molecule has 0 aliphatic carbocycles. The minimum Gasteiger partial charge on any atom is -0.298 e. The number of thiazole rings is 2. The van der Waals surface area contributed by atoms with Crippen LogP contribution in [0.2, 0.25) is 5.02 Å². The summed E-state index contributed by atoms with van der Waals surface area (Å²) in [6.07, 6.45) is 2.01. The third kappa shape index (κ3) is 2.88. The number of nitrogens with one attached hydrogen (secondary N) is 1. The molecule has 1 amide bonds. The van der Waals surface area contributed by atoms with Gasteiger partial charge in [-0.3, -0.25) is 10.1 Å². The lowest BCUT2D eigenvalue weighted by Gasteiger charge is -2.01. The van der Waals surface area contributed by atoms with E-state index >= 15 is 0 Å². The highest BCUT2D eigenvalue weighted by Crippen LogP contribution is 2.38. The maximum Gasteiger partial charge on any atom is 0.257 e. The van der Waals surface area contributed by atoms with Crippen LogP contribution in [-0.2, 0) is 0 Å². The normalized spacial score (nSPS) is 11.2. The molecule has 4 nitrogen and oxygen atoms in total. The van der Waals surface area contributed by atoms with Crippen molar-refractivity contribution in [2.45, 2.75) is 4.34 Å². The number of hydrogen-bond donors (Lipinski definition) is 1. The molecule has 0 saturated carbocycles. The van der Waals surface area contributed by atoms with Crippen LogP contribution in [-0.4, -0.2) is 22.1 Å². The number of anilines is 1. The van der Waals surface area contributed by atoms with Gasteiger partial charge in [0.25, 0.3) is 5.91 Å². The molecule has 0 radical (unpaired) electrons. The average Bonchev–Trinajstić information content (AvgIpc) is 3.17. The average molecular weight is 392 g/mol. The van der Waals surface area contributed by atoms with Crippen molar-refractivity contribution in [3.63, 3.8) is 0 Å². The van der Waals surface area contributed by atoms with E-state index in [0.717, 1.165) is 24.8 Å². The van der Waals surface area contributed by atoms with Crippen molar-refractivity contribution in [3.05, 3.63) is 47.0 Å². The Balaban J connectivity index is 1.69. The van der Waals surface area contributed by atoms with Crippen LogP contribution < -0.4 is 5.32 Å². The number of fused-ring (bicyclic) bond motifs is 3. The maximum absolute atomic E-state index is 12.3. The Labute approximate surface area is 154 Å². The van der Waals surface area contributed by atoms with E-state index in [0.29, 0.717) is 15.7 Å². The molecule has 0 spiro atoms. The number of thioether (sulfide) groups is 1. The monoisotopic (exact) mass is 391 g/mol. The molecule has 1 N–H and O–H groups in total. The summed E-state index contributed by atoms with van der Waals surface area (Å²) < 4.78 is 3.19. The second-order valence-corrected chi connectivity index (χ2v) is 8.41. The van der Waals surface area contributed by atoms with Crippen molar-refractivity contribution in [3.8, 4) is 0 Å². The molecule has 0 saturated heterocycles. The molecule has 2 aromatic heterocycles. The fourth-order valence-corrected chi connectivity index (χ4v) is 5.04. The molecule has 4 rings (SSSR count). The van der Waals surface area contributed by atoms with Gasteiger partial charge < -0.3 is 0 Å². The van der Waals surface area contributed by atoms with Gasteiger partial charge in [-0.05, 0) is 42.7 Å². The summed E-state index contributed by atoms with van der Waals surface area (Å²) in [5.41, 5.74) is 2.39. The first-order valence-electron chi connectivity index (χ1n) is 6.95. The zero-order chi connectivity index (χ0) is 16.7. The lowest BCUT2D eigenvalue weighted by atomic mass is 10.2. The summed E-state index contributed by atoms with van der Waals surface area (Å²) >= 11 is 10.6. The van der Waals surface area contributed by atoms with E-state index in [1.54, 1.807) is 47.4 Å². The zero-order valence-corrected chi connectivity index (χ0v) is 15.6. The number of halogens is 1. The highest BCUT2D eigenvalue weighted by molar-refractivity contribution is 8.00. The van der Waals surface area contributed by atoms with Gasteiger partial charge in [0.05, 0.1) is 20.4 Å². The minimum atomic E-state index is -0.198. The van der Waals surface area contributed by atoms with Gasteiger partial charge in [0, 0.05) is 10.6 Å². The van der Waals surface area contributed by atoms with E-state index in [-0.39, 0.29) is 5.91 Å². The van der Waals surface area contributed by atoms with E-state index < -0.39 is 0 Å². The van der Waals surface area contributed by atoms with E-state index in [2.05, 4.69) is 15.3 Å². The number of carbonyl (C=O) groups is 1. The Bertz CT molecular complexity index is 1060. The predicted octanol–water partition coefficient (Wildman–Crippen LogP) is 5.53.